The summed E-state index contributed by atoms with van der Waals surface area (Å²) in [6.07, 6.45) is 13.6. The van der Waals surface area contributed by atoms with Gasteiger partial charge in [-0.05, 0) is 44.9 Å². The molecule has 0 bridgehead atoms. The molecule has 1 aliphatic carbocycles. The van der Waals surface area contributed by atoms with Crippen LogP contribution in [0.25, 0.3) is 0 Å². The van der Waals surface area contributed by atoms with Crippen LogP contribution in [0.3, 0.4) is 0 Å². The van der Waals surface area contributed by atoms with Crippen LogP contribution in [0.1, 0.15) is 91.4 Å². The lowest BCUT2D eigenvalue weighted by Gasteiger charge is -2.22. The van der Waals surface area contributed by atoms with Gasteiger partial charge in [-0.15, -0.1) is 0 Å². The van der Waals surface area contributed by atoms with Crippen LogP contribution in [-0.4, -0.2) is 43.4 Å². The summed E-state index contributed by atoms with van der Waals surface area (Å²) in [6.45, 7) is 7.30. The van der Waals surface area contributed by atoms with Crippen molar-refractivity contribution in [1.29, 1.82) is 0 Å². The molecule has 0 aromatic heterocycles. The van der Waals surface area contributed by atoms with E-state index in [0.717, 1.165) is 22.4 Å². The Morgan fingerprint density at radius 3 is 2.60 bits per heavy atom. The van der Waals surface area contributed by atoms with E-state index in [1.165, 1.54) is 91.3 Å². The quantitative estimate of drug-likeness (QED) is 0.0960. The van der Waals surface area contributed by atoms with Crippen LogP contribution in [0.5, 0.6) is 0 Å². The summed E-state index contributed by atoms with van der Waals surface area (Å²) in [7, 11) is 4.99. The smallest absolute Gasteiger partial charge is 0.296 e. The van der Waals surface area contributed by atoms with Crippen molar-refractivity contribution in [2.75, 3.05) is 13.6 Å². The van der Waals surface area contributed by atoms with Gasteiger partial charge in [0, 0.05) is 29.8 Å². The maximum Gasteiger partial charge on any atom is 0.446 e. The zero-order valence-corrected chi connectivity index (χ0v) is 22.1. The molecule has 0 atom stereocenters. The van der Waals surface area contributed by atoms with Gasteiger partial charge in [-0.25, -0.2) is 9.10 Å². The highest BCUT2D eigenvalue weighted by atomic mass is 33.1. The number of rotatable bonds is 11. The van der Waals surface area contributed by atoms with Crippen molar-refractivity contribution >= 4 is 60.8 Å². The van der Waals surface area contributed by atoms with Crippen molar-refractivity contribution in [2.45, 2.75) is 101 Å². The zero-order valence-electron chi connectivity index (χ0n) is 18.9. The monoisotopic (exact) mass is 491 g/mol. The second-order valence-electron chi connectivity index (χ2n) is 8.31. The molecule has 0 aromatic carbocycles. The number of aliphatic imine (C=N–C) groups is 1. The van der Waals surface area contributed by atoms with Crippen LogP contribution in [0, 0.1) is 0 Å². The minimum absolute atomic E-state index is 0.215. The molecule has 0 radical (unpaired) electrons. The molecular formula is C21H37N3O2S4. The number of oxime groups is 1. The van der Waals surface area contributed by atoms with Crippen LogP contribution >= 0.6 is 45.3 Å². The highest BCUT2D eigenvalue weighted by Gasteiger charge is 2.38. The molecule has 9 heteroatoms. The van der Waals surface area contributed by atoms with Crippen LogP contribution < -0.4 is 0 Å². The van der Waals surface area contributed by atoms with Crippen LogP contribution in [0.2, 0.25) is 0 Å². The summed E-state index contributed by atoms with van der Waals surface area (Å²) >= 11 is 3.24. The molecule has 2 fully saturated rings. The fourth-order valence-electron chi connectivity index (χ4n) is 3.20. The standard InChI is InChI=1S/C21H37N3O2S4/c1-5-6-7-8-9-13-16-22-19-27-18(21(2,3)28-19)23-26-20(25)24(4)30-29-17-14-11-10-12-15-17/h17H,5-16H2,1-4H3. The highest BCUT2D eigenvalue weighted by molar-refractivity contribution is 8.76. The average molecular weight is 492 g/mol. The molecule has 1 saturated carbocycles. The molecule has 0 N–H and O–H groups in total. The lowest BCUT2D eigenvalue weighted by molar-refractivity contribution is 0.137. The fraction of sp³-hybridized carbons (Fsp3) is 0.857. The SMILES string of the molecule is CCCCCCCCN=C1SC(=NOC(=O)N(C)SSC2CCCCC2)C(C)(C)S1. The molecule has 1 heterocycles. The maximum absolute atomic E-state index is 12.3. The first-order valence-electron chi connectivity index (χ1n) is 11.2. The van der Waals surface area contributed by atoms with Gasteiger partial charge < -0.3 is 0 Å². The van der Waals surface area contributed by atoms with Gasteiger partial charge in [-0.3, -0.25) is 9.83 Å². The predicted octanol–water partition coefficient (Wildman–Crippen LogP) is 7.97. The van der Waals surface area contributed by atoms with Crippen LogP contribution in [0.15, 0.2) is 10.1 Å². The largest absolute Gasteiger partial charge is 0.446 e. The van der Waals surface area contributed by atoms with Gasteiger partial charge in [0.2, 0.25) is 0 Å². The van der Waals surface area contributed by atoms with Crippen molar-refractivity contribution in [3.05, 3.63) is 0 Å². The molecule has 1 amide bonds. The van der Waals surface area contributed by atoms with Gasteiger partial charge in [-0.2, -0.15) is 0 Å². The number of nitrogens with zero attached hydrogens (tertiary/aromatic N) is 3. The number of thioether (sulfide) groups is 2. The lowest BCUT2D eigenvalue weighted by Crippen LogP contribution is -2.23. The Balaban J connectivity index is 1.72. The van der Waals surface area contributed by atoms with E-state index in [2.05, 4.69) is 25.9 Å². The van der Waals surface area contributed by atoms with Gasteiger partial charge in [0.15, 0.2) is 0 Å². The third-order valence-corrected chi connectivity index (χ3v) is 10.8. The van der Waals surface area contributed by atoms with Crippen molar-refractivity contribution in [3.63, 3.8) is 0 Å². The maximum atomic E-state index is 12.3. The fourth-order valence-corrected chi connectivity index (χ4v) is 8.22. The Kier molecular flexibility index (Phi) is 12.4. The van der Waals surface area contributed by atoms with Crippen molar-refractivity contribution in [1.82, 2.24) is 4.31 Å². The minimum Gasteiger partial charge on any atom is -0.296 e. The van der Waals surface area contributed by atoms with E-state index in [1.807, 2.05) is 0 Å². The Bertz CT molecular complexity index is 593. The number of carbonyl (C=O) groups is 1. The topological polar surface area (TPSA) is 54.3 Å². The molecule has 0 unspecified atom stereocenters. The van der Waals surface area contributed by atoms with Gasteiger partial charge in [0.05, 0.1) is 4.75 Å². The first-order valence-corrected chi connectivity index (χ1v) is 15.0. The van der Waals surface area contributed by atoms with Gasteiger partial charge in [0.25, 0.3) is 0 Å². The van der Waals surface area contributed by atoms with Crippen LogP contribution in [0.4, 0.5) is 4.79 Å². The van der Waals surface area contributed by atoms with E-state index >= 15 is 0 Å². The van der Waals surface area contributed by atoms with Crippen molar-refractivity contribution in [2.24, 2.45) is 10.1 Å². The number of hydrogen-bond donors (Lipinski definition) is 0. The number of hydrogen-bond acceptors (Lipinski definition) is 8. The Labute approximate surface area is 199 Å². The van der Waals surface area contributed by atoms with E-state index in [9.17, 15) is 4.79 Å². The minimum atomic E-state index is -0.422. The number of unbranched alkanes of at least 4 members (excludes halogenated alkanes) is 5. The first kappa shape index (κ1) is 26.3. The van der Waals surface area contributed by atoms with E-state index in [1.54, 1.807) is 29.6 Å². The third-order valence-electron chi connectivity index (χ3n) is 5.10. The van der Waals surface area contributed by atoms with Crippen molar-refractivity contribution in [3.8, 4) is 0 Å². The zero-order chi connectivity index (χ0) is 21.8. The molecule has 2 aliphatic rings. The molecule has 30 heavy (non-hydrogen) atoms. The Morgan fingerprint density at radius 2 is 1.87 bits per heavy atom. The molecule has 0 spiro atoms. The normalized spacial score (nSPS) is 22.0. The summed E-state index contributed by atoms with van der Waals surface area (Å²) in [4.78, 5) is 22.3. The summed E-state index contributed by atoms with van der Waals surface area (Å²) in [5, 5.41) is 5.63. The number of carbonyl (C=O) groups excluding carboxylic acids is 1. The molecule has 5 nitrogen and oxygen atoms in total. The van der Waals surface area contributed by atoms with Gasteiger partial charge >= 0.3 is 6.09 Å². The first-order chi connectivity index (χ1) is 14.4. The molecule has 2 rings (SSSR count). The van der Waals surface area contributed by atoms with E-state index in [-0.39, 0.29) is 4.75 Å². The van der Waals surface area contributed by atoms with Gasteiger partial charge in [-0.1, -0.05) is 86.0 Å². The predicted molar refractivity (Wildman–Crippen MR) is 139 cm³/mol. The molecule has 1 saturated heterocycles. The summed E-state index contributed by atoms with van der Waals surface area (Å²) in [6, 6.07) is 0. The second kappa shape index (κ2) is 14.2. The third kappa shape index (κ3) is 9.65. The molecule has 172 valence electrons. The average Bonchev–Trinajstić information content (AvgIpc) is 3.03. The van der Waals surface area contributed by atoms with E-state index < -0.39 is 6.09 Å². The highest BCUT2D eigenvalue weighted by Crippen LogP contribution is 2.44. The van der Waals surface area contributed by atoms with Crippen molar-refractivity contribution < 1.29 is 9.63 Å². The van der Waals surface area contributed by atoms with Gasteiger partial charge in [0.1, 0.15) is 9.42 Å². The molecule has 1 aliphatic heterocycles. The molecule has 0 aromatic rings. The van der Waals surface area contributed by atoms with Crippen LogP contribution in [-0.2, 0) is 4.84 Å². The van der Waals surface area contributed by atoms with E-state index in [4.69, 9.17) is 9.83 Å². The van der Waals surface area contributed by atoms with E-state index in [0.29, 0.717) is 5.25 Å². The second-order valence-corrected chi connectivity index (χ2v) is 13.7. The Hall–Kier alpha value is 0.01000. The Morgan fingerprint density at radius 1 is 1.17 bits per heavy atom. The number of amides is 1. The summed E-state index contributed by atoms with van der Waals surface area (Å²) in [5.41, 5.74) is 0. The summed E-state index contributed by atoms with van der Waals surface area (Å²) < 4.78 is 2.35. The molecular weight excluding hydrogens is 455 g/mol. The lowest BCUT2D eigenvalue weighted by atomic mass is 10.0. The summed E-state index contributed by atoms with van der Waals surface area (Å²) in [5.74, 6) is 0.